The average Bonchev–Trinajstić information content (AvgIpc) is 3.21. The average molecular weight is 1010 g/mol. The fraction of sp³-hybridized carbons (Fsp3) is 0.500. The van der Waals surface area contributed by atoms with Gasteiger partial charge in [0.05, 0.1) is 0 Å². The first kappa shape index (κ1) is 59.0. The molecule has 0 bridgehead atoms. The highest BCUT2D eigenvalue weighted by molar-refractivity contribution is 7.08. The summed E-state index contributed by atoms with van der Waals surface area (Å²) in [6.45, 7) is 67.4. The van der Waals surface area contributed by atoms with Crippen molar-refractivity contribution in [2.45, 2.75) is 237 Å². The maximum absolute atomic E-state index is 6.92. The van der Waals surface area contributed by atoms with Gasteiger partial charge in [-0.1, -0.05) is 239 Å². The molecule has 0 spiro atoms. The highest BCUT2D eigenvalue weighted by atomic mass is 31.0. The minimum absolute atomic E-state index is 0.0220. The molecule has 0 heterocycles. The van der Waals surface area contributed by atoms with E-state index in [1.165, 1.54) is 143 Å². The van der Waals surface area contributed by atoms with Crippen LogP contribution in [0.4, 0.5) is 0 Å². The second-order valence-corrected chi connectivity index (χ2v) is 30.6. The summed E-state index contributed by atoms with van der Waals surface area (Å²) < 4.78 is 0. The third-order valence-electron chi connectivity index (χ3n) is 16.0. The Morgan fingerprint density at radius 1 is 0.230 bits per heavy atom. The standard InChI is InChI=1S/C72H96.H3OP/c1-41-33-47(55(69(17,18)19)37-51(41)65(5,6)7)61-59-45-31-29-30-32-46(45)60(59)62(48-34-42(2)52(66(8,9)10)38-56(48)70(20,21)22)64(50-36-44(4)54(68(14,15)16)40-58(50)72(26,27)28)63(61)49-35-43(3)53(67(11,12)13)39-57(49)71(23,24)25;1-2/h29-40H,1-28H3;1H,2H2. The Kier molecular flexibility index (Phi) is 15.4. The van der Waals surface area contributed by atoms with Gasteiger partial charge in [0.1, 0.15) is 0 Å². The summed E-state index contributed by atoms with van der Waals surface area (Å²) in [4.78, 5) is 6.92. The van der Waals surface area contributed by atoms with Crippen molar-refractivity contribution in [3.63, 3.8) is 0 Å². The van der Waals surface area contributed by atoms with Crippen LogP contribution in [0.15, 0.2) is 72.8 Å². The van der Waals surface area contributed by atoms with Crippen molar-refractivity contribution in [3.05, 3.63) is 140 Å². The van der Waals surface area contributed by atoms with Crippen molar-refractivity contribution in [1.29, 1.82) is 0 Å². The molecule has 398 valence electrons. The lowest BCUT2D eigenvalue weighted by Crippen LogP contribution is -2.22. The minimum Gasteiger partial charge on any atom is -0.380 e. The van der Waals surface area contributed by atoms with Crippen molar-refractivity contribution >= 4 is 9.47 Å². The molecule has 0 fully saturated rings. The summed E-state index contributed by atoms with van der Waals surface area (Å²) >= 11 is 0. The highest BCUT2D eigenvalue weighted by Crippen LogP contribution is 2.65. The molecule has 1 nitrogen and oxygen atoms in total. The summed E-state index contributed by atoms with van der Waals surface area (Å²) in [6, 6.07) is 30.3. The summed E-state index contributed by atoms with van der Waals surface area (Å²) in [5.41, 5.74) is 32.2. The van der Waals surface area contributed by atoms with Crippen LogP contribution in [-0.2, 0) is 43.3 Å². The van der Waals surface area contributed by atoms with Crippen LogP contribution in [0.2, 0.25) is 0 Å². The Hall–Kier alpha value is -4.29. The normalized spacial score (nSPS) is 13.5. The number of hydrogen-bond donors (Lipinski definition) is 1. The van der Waals surface area contributed by atoms with Crippen molar-refractivity contribution in [1.82, 2.24) is 0 Å². The zero-order valence-corrected chi connectivity index (χ0v) is 53.1. The lowest BCUT2D eigenvalue weighted by atomic mass is 9.63. The number of aryl methyl sites for hydroxylation is 4. The molecule has 6 aromatic rings. The fourth-order valence-electron chi connectivity index (χ4n) is 12.6. The lowest BCUT2D eigenvalue weighted by Gasteiger charge is -2.40. The second-order valence-electron chi connectivity index (χ2n) is 30.6. The van der Waals surface area contributed by atoms with Gasteiger partial charge in [0.15, 0.2) is 0 Å². The van der Waals surface area contributed by atoms with Gasteiger partial charge in [-0.05, 0) is 214 Å². The smallest absolute Gasteiger partial charge is 0.000730 e. The molecule has 1 aliphatic carbocycles. The maximum Gasteiger partial charge on any atom is -0.000730 e. The van der Waals surface area contributed by atoms with Gasteiger partial charge in [0.2, 0.25) is 0 Å². The van der Waals surface area contributed by atoms with Crippen LogP contribution in [0.25, 0.3) is 66.8 Å². The van der Waals surface area contributed by atoms with E-state index < -0.39 is 0 Å². The van der Waals surface area contributed by atoms with Gasteiger partial charge in [-0.2, -0.15) is 0 Å². The molecular formula is C72H99OP. The van der Waals surface area contributed by atoms with E-state index in [1.54, 1.807) is 0 Å². The first-order valence-corrected chi connectivity index (χ1v) is 28.2. The third-order valence-corrected chi connectivity index (χ3v) is 16.0. The van der Waals surface area contributed by atoms with E-state index in [1.807, 2.05) is 0 Å². The molecule has 0 saturated carbocycles. The van der Waals surface area contributed by atoms with Gasteiger partial charge in [0.25, 0.3) is 0 Å². The highest BCUT2D eigenvalue weighted by Gasteiger charge is 2.42. The molecule has 0 aliphatic heterocycles. The summed E-state index contributed by atoms with van der Waals surface area (Å²) in [5, 5.41) is 0. The fourth-order valence-corrected chi connectivity index (χ4v) is 12.6. The first-order chi connectivity index (χ1) is 33.5. The molecule has 1 N–H and O–H groups in total. The van der Waals surface area contributed by atoms with Crippen LogP contribution in [0.1, 0.15) is 233 Å². The zero-order chi connectivity index (χ0) is 56.3. The number of benzene rings is 6. The largest absolute Gasteiger partial charge is 0.380 e. The predicted octanol–water partition coefficient (Wildman–Crippen LogP) is 21.4. The summed E-state index contributed by atoms with van der Waals surface area (Å²) in [5.74, 6) is 0. The monoisotopic (exact) mass is 1010 g/mol. The third kappa shape index (κ3) is 10.8. The molecule has 7 rings (SSSR count). The lowest BCUT2D eigenvalue weighted by molar-refractivity contribution is 0.565. The van der Waals surface area contributed by atoms with E-state index in [-0.39, 0.29) is 43.3 Å². The van der Waals surface area contributed by atoms with E-state index in [9.17, 15) is 0 Å². The van der Waals surface area contributed by atoms with E-state index in [4.69, 9.17) is 4.89 Å². The molecule has 6 aromatic carbocycles. The van der Waals surface area contributed by atoms with Gasteiger partial charge < -0.3 is 4.89 Å². The van der Waals surface area contributed by atoms with Crippen molar-refractivity contribution in [3.8, 4) is 66.8 Å². The molecule has 74 heavy (non-hydrogen) atoms. The maximum atomic E-state index is 6.92. The summed E-state index contributed by atoms with van der Waals surface area (Å²) in [6.07, 6.45) is 0. The number of fused-ring (bicyclic) bond motifs is 4. The topological polar surface area (TPSA) is 20.2 Å². The molecule has 0 saturated heterocycles. The molecule has 0 amide bonds. The Morgan fingerprint density at radius 2 is 0.378 bits per heavy atom. The van der Waals surface area contributed by atoms with E-state index in [2.05, 4.69) is 267 Å². The van der Waals surface area contributed by atoms with Crippen LogP contribution in [0.5, 0.6) is 0 Å². The van der Waals surface area contributed by atoms with Crippen molar-refractivity contribution in [2.75, 3.05) is 0 Å². The van der Waals surface area contributed by atoms with Crippen LogP contribution in [0.3, 0.4) is 0 Å². The van der Waals surface area contributed by atoms with Gasteiger partial charge >= 0.3 is 0 Å². The van der Waals surface area contributed by atoms with Crippen molar-refractivity contribution < 1.29 is 4.89 Å². The van der Waals surface area contributed by atoms with Gasteiger partial charge in [0, 0.05) is 0 Å². The van der Waals surface area contributed by atoms with E-state index in [0.717, 1.165) is 0 Å². The second kappa shape index (κ2) is 19.3. The Morgan fingerprint density at radius 3 is 0.527 bits per heavy atom. The van der Waals surface area contributed by atoms with Crippen LogP contribution in [0, 0.1) is 27.7 Å². The van der Waals surface area contributed by atoms with E-state index in [0.29, 0.717) is 0 Å². The number of rotatable bonds is 4. The molecule has 0 aromatic heterocycles. The Balaban J connectivity index is 0.00000440. The minimum atomic E-state index is -0.183. The molecule has 2 heteroatoms. The van der Waals surface area contributed by atoms with Crippen molar-refractivity contribution in [2.24, 2.45) is 0 Å². The van der Waals surface area contributed by atoms with Gasteiger partial charge in [-0.3, -0.25) is 0 Å². The predicted molar refractivity (Wildman–Crippen MR) is 333 cm³/mol. The van der Waals surface area contributed by atoms with E-state index >= 15 is 0 Å². The SMILES string of the molecule is Cc1cc(-c2c3c(c(-c4cc(C)c(C(C)(C)C)cc4C(C)(C)C)c(-c4cc(C)c(C(C)(C)C)cc4C(C)(C)C)c2-c2cc(C)c(C(C)(C)C)cc2C(C)(C)C)-c2ccccc2-3)c(C(C)(C)C)cc1C(C)(C)C.OP. The number of hydrogen-bond acceptors (Lipinski definition) is 1. The molecule has 1 aliphatic rings. The molecule has 0 radical (unpaired) electrons. The van der Waals surface area contributed by atoms with Crippen LogP contribution in [-0.4, -0.2) is 4.89 Å². The summed E-state index contributed by atoms with van der Waals surface area (Å²) in [7, 11) is 1.42. The van der Waals surface area contributed by atoms with Crippen LogP contribution < -0.4 is 0 Å². The quantitative estimate of drug-likeness (QED) is 0.174. The Labute approximate surface area is 455 Å². The zero-order valence-electron chi connectivity index (χ0n) is 52.0. The molecular weight excluding hydrogens is 912 g/mol. The molecule has 1 atom stereocenters. The van der Waals surface area contributed by atoms with Gasteiger partial charge in [-0.25, -0.2) is 0 Å². The van der Waals surface area contributed by atoms with Crippen LogP contribution >= 0.6 is 9.47 Å². The first-order valence-electron chi connectivity index (χ1n) is 27.7. The van der Waals surface area contributed by atoms with Gasteiger partial charge in [-0.15, -0.1) is 0 Å². The molecule has 1 unspecified atom stereocenters. The Bertz CT molecular complexity index is 2930.